The number of ketones is 1. The van der Waals surface area contributed by atoms with Gasteiger partial charge >= 0.3 is 0 Å². The van der Waals surface area contributed by atoms with Gasteiger partial charge in [-0.15, -0.1) is 0 Å². The summed E-state index contributed by atoms with van der Waals surface area (Å²) >= 11 is 7.28. The summed E-state index contributed by atoms with van der Waals surface area (Å²) in [5, 5.41) is 4.00. The lowest BCUT2D eigenvalue weighted by molar-refractivity contribution is -0.113. The van der Waals surface area contributed by atoms with E-state index in [9.17, 15) is 14.4 Å². The number of benzene rings is 4. The summed E-state index contributed by atoms with van der Waals surface area (Å²) in [6.45, 7) is 0. The van der Waals surface area contributed by atoms with Gasteiger partial charge in [0, 0.05) is 22.2 Å². The Morgan fingerprint density at radius 3 is 2.51 bits per heavy atom. The van der Waals surface area contributed by atoms with E-state index in [4.69, 9.17) is 16.3 Å². The Bertz CT molecular complexity index is 1760. The molecule has 194 valence electrons. The third-order valence-electron chi connectivity index (χ3n) is 5.93. The molecule has 0 aliphatic heterocycles. The lowest BCUT2D eigenvalue weighted by Gasteiger charge is -2.14. The summed E-state index contributed by atoms with van der Waals surface area (Å²) < 4.78 is 6.80. The second-order valence-corrected chi connectivity index (χ2v) is 9.85. The van der Waals surface area contributed by atoms with Crippen molar-refractivity contribution in [2.45, 2.75) is 5.16 Å². The summed E-state index contributed by atoms with van der Waals surface area (Å²) in [5.41, 5.74) is 1.93. The van der Waals surface area contributed by atoms with E-state index >= 15 is 0 Å². The van der Waals surface area contributed by atoms with Gasteiger partial charge in [0.2, 0.25) is 5.91 Å². The van der Waals surface area contributed by atoms with Crippen molar-refractivity contribution in [3.8, 4) is 11.4 Å². The van der Waals surface area contributed by atoms with Crippen LogP contribution < -0.4 is 15.6 Å². The average Bonchev–Trinajstić information content (AvgIpc) is 2.97. The number of thioether (sulfide) groups is 1. The van der Waals surface area contributed by atoms with E-state index in [1.807, 2.05) is 6.07 Å². The van der Waals surface area contributed by atoms with Crippen LogP contribution in [0.4, 0.5) is 5.69 Å². The van der Waals surface area contributed by atoms with E-state index in [2.05, 4.69) is 10.3 Å². The van der Waals surface area contributed by atoms with Crippen LogP contribution in [0.3, 0.4) is 0 Å². The molecule has 0 aliphatic rings. The second-order valence-electron chi connectivity index (χ2n) is 8.48. The molecule has 1 aromatic heterocycles. The maximum Gasteiger partial charge on any atom is 0.266 e. The number of nitrogens with zero attached hydrogens (tertiary/aromatic N) is 2. The maximum absolute atomic E-state index is 13.5. The first kappa shape index (κ1) is 26.2. The number of amides is 1. The van der Waals surface area contributed by atoms with E-state index in [1.54, 1.807) is 92.0 Å². The number of hydrogen-bond donors (Lipinski definition) is 1. The number of fused-ring (bicyclic) bond motifs is 1. The van der Waals surface area contributed by atoms with E-state index in [-0.39, 0.29) is 28.6 Å². The van der Waals surface area contributed by atoms with Crippen molar-refractivity contribution >= 4 is 51.6 Å². The van der Waals surface area contributed by atoms with Crippen LogP contribution in [0.2, 0.25) is 5.02 Å². The van der Waals surface area contributed by atoms with E-state index < -0.39 is 0 Å². The zero-order chi connectivity index (χ0) is 27.4. The predicted octanol–water partition coefficient (Wildman–Crippen LogP) is 6.01. The molecule has 1 amide bonds. The first-order valence-electron chi connectivity index (χ1n) is 11.9. The minimum absolute atomic E-state index is 0.0592. The lowest BCUT2D eigenvalue weighted by Crippen LogP contribution is -2.23. The van der Waals surface area contributed by atoms with Crippen molar-refractivity contribution in [1.29, 1.82) is 0 Å². The first-order chi connectivity index (χ1) is 18.9. The van der Waals surface area contributed by atoms with Crippen LogP contribution in [0.1, 0.15) is 15.9 Å². The van der Waals surface area contributed by atoms with Crippen molar-refractivity contribution in [3.05, 3.63) is 124 Å². The topological polar surface area (TPSA) is 90.3 Å². The summed E-state index contributed by atoms with van der Waals surface area (Å²) in [5.74, 6) is -0.108. The highest BCUT2D eigenvalue weighted by atomic mass is 35.5. The molecule has 0 fully saturated rings. The number of hydrogen-bond acceptors (Lipinski definition) is 6. The highest BCUT2D eigenvalue weighted by Gasteiger charge is 2.18. The van der Waals surface area contributed by atoms with Crippen molar-refractivity contribution in [2.75, 3.05) is 18.2 Å². The highest BCUT2D eigenvalue weighted by Crippen LogP contribution is 2.26. The largest absolute Gasteiger partial charge is 0.497 e. The molecule has 5 aromatic rings. The zero-order valence-electron chi connectivity index (χ0n) is 20.8. The Labute approximate surface area is 233 Å². The van der Waals surface area contributed by atoms with Crippen LogP contribution in [0.25, 0.3) is 16.6 Å². The fourth-order valence-corrected chi connectivity index (χ4v) is 5.05. The van der Waals surface area contributed by atoms with Gasteiger partial charge in [0.15, 0.2) is 10.9 Å². The zero-order valence-corrected chi connectivity index (χ0v) is 22.3. The Morgan fingerprint density at radius 1 is 0.949 bits per heavy atom. The third-order valence-corrected chi connectivity index (χ3v) is 7.10. The van der Waals surface area contributed by atoms with Gasteiger partial charge in [-0.25, -0.2) is 4.98 Å². The molecule has 4 aromatic carbocycles. The molecular formula is C30H22ClN3O4S. The quantitative estimate of drug-likeness (QED) is 0.143. The molecule has 0 aliphatic carbocycles. The smallest absolute Gasteiger partial charge is 0.266 e. The molecule has 0 bridgehead atoms. The molecule has 9 heteroatoms. The normalized spacial score (nSPS) is 10.8. The van der Waals surface area contributed by atoms with Gasteiger partial charge < -0.3 is 10.1 Å². The molecule has 1 N–H and O–H groups in total. The Balaban J connectivity index is 1.44. The molecule has 0 radical (unpaired) electrons. The summed E-state index contributed by atoms with van der Waals surface area (Å²) in [4.78, 5) is 44.4. The molecule has 1 heterocycles. The minimum atomic E-state index is -0.371. The van der Waals surface area contributed by atoms with Crippen LogP contribution in [-0.4, -0.2) is 34.1 Å². The van der Waals surface area contributed by atoms with E-state index in [0.29, 0.717) is 43.8 Å². The predicted molar refractivity (Wildman–Crippen MR) is 155 cm³/mol. The summed E-state index contributed by atoms with van der Waals surface area (Å²) in [6, 6.07) is 27.6. The van der Waals surface area contributed by atoms with Crippen molar-refractivity contribution in [1.82, 2.24) is 9.55 Å². The standard InChI is InChI=1S/C30H22ClN3O4S/c1-38-22-11-7-10-21(17-22)34-29(37)23-12-5-6-13-25(23)33-30(34)39-18-27(35)32-26-15-14-20(31)16-24(26)28(36)19-8-3-2-4-9-19/h2-17H,18H2,1H3,(H,32,35). The molecule has 0 saturated heterocycles. The number of methoxy groups -OCH3 is 1. The van der Waals surface area contributed by atoms with Crippen LogP contribution in [-0.2, 0) is 4.79 Å². The number of carbonyl (C=O) groups excluding carboxylic acids is 2. The van der Waals surface area contributed by atoms with Gasteiger partial charge in [-0.1, -0.05) is 71.9 Å². The third kappa shape index (κ3) is 5.72. The Hall–Kier alpha value is -4.40. The molecule has 0 spiro atoms. The first-order valence-corrected chi connectivity index (χ1v) is 13.3. The van der Waals surface area contributed by atoms with Crippen molar-refractivity contribution in [3.63, 3.8) is 0 Å². The summed E-state index contributed by atoms with van der Waals surface area (Å²) in [6.07, 6.45) is 0. The Morgan fingerprint density at radius 2 is 1.72 bits per heavy atom. The number of ether oxygens (including phenoxy) is 1. The maximum atomic E-state index is 13.5. The second kappa shape index (κ2) is 11.6. The number of para-hydroxylation sites is 1. The van der Waals surface area contributed by atoms with Gasteiger partial charge in [0.1, 0.15) is 5.75 Å². The molecular weight excluding hydrogens is 534 g/mol. The van der Waals surface area contributed by atoms with Gasteiger partial charge in [0.25, 0.3) is 5.56 Å². The monoisotopic (exact) mass is 555 g/mol. The molecule has 39 heavy (non-hydrogen) atoms. The highest BCUT2D eigenvalue weighted by molar-refractivity contribution is 7.99. The van der Waals surface area contributed by atoms with Crippen molar-refractivity contribution in [2.24, 2.45) is 0 Å². The number of halogens is 1. The average molecular weight is 556 g/mol. The van der Waals surface area contributed by atoms with Crippen LogP contribution in [0.15, 0.2) is 107 Å². The number of aromatic nitrogens is 2. The number of nitrogens with one attached hydrogen (secondary N) is 1. The van der Waals surface area contributed by atoms with Crippen LogP contribution in [0.5, 0.6) is 5.75 Å². The lowest BCUT2D eigenvalue weighted by atomic mass is 10.0. The van der Waals surface area contributed by atoms with Crippen molar-refractivity contribution < 1.29 is 14.3 Å². The van der Waals surface area contributed by atoms with Gasteiger partial charge in [0.05, 0.1) is 35.1 Å². The van der Waals surface area contributed by atoms with Gasteiger partial charge in [-0.05, 0) is 42.5 Å². The molecule has 7 nitrogen and oxygen atoms in total. The van der Waals surface area contributed by atoms with Gasteiger partial charge in [-0.2, -0.15) is 0 Å². The Kier molecular flexibility index (Phi) is 7.76. The summed E-state index contributed by atoms with van der Waals surface area (Å²) in [7, 11) is 1.55. The molecule has 5 rings (SSSR count). The number of rotatable bonds is 8. The van der Waals surface area contributed by atoms with Gasteiger partial charge in [-0.3, -0.25) is 19.0 Å². The van der Waals surface area contributed by atoms with Crippen LogP contribution in [0, 0.1) is 0 Å². The van der Waals surface area contributed by atoms with E-state index in [1.165, 1.54) is 10.6 Å². The fourth-order valence-electron chi connectivity index (χ4n) is 4.06. The molecule has 0 atom stereocenters. The number of anilines is 1. The fraction of sp³-hybridized carbons (Fsp3) is 0.0667. The minimum Gasteiger partial charge on any atom is -0.497 e. The van der Waals surface area contributed by atoms with Crippen LogP contribution >= 0.6 is 23.4 Å². The molecule has 0 unspecified atom stereocenters. The SMILES string of the molecule is COc1cccc(-n2c(SCC(=O)Nc3ccc(Cl)cc3C(=O)c3ccccc3)nc3ccccc3c2=O)c1. The number of carbonyl (C=O) groups is 2. The van der Waals surface area contributed by atoms with E-state index in [0.717, 1.165) is 11.8 Å². The molecule has 0 saturated carbocycles.